The van der Waals surface area contributed by atoms with Gasteiger partial charge in [0.05, 0.1) is 0 Å². The zero-order valence-electron chi connectivity index (χ0n) is 3.97. The Morgan fingerprint density at radius 1 is 0.833 bits per heavy atom. The van der Waals surface area contributed by atoms with Gasteiger partial charge in [0.15, 0.2) is 0 Å². The van der Waals surface area contributed by atoms with Gasteiger partial charge >= 0.3 is 0 Å². The largest absolute Gasteiger partial charge is 0.412 e. The van der Waals surface area contributed by atoms with Crippen LogP contribution in [0.2, 0.25) is 0 Å². The monoisotopic (exact) mass is 221 g/mol. The molecule has 0 heterocycles. The molecule has 0 unspecified atom stereocenters. The maximum atomic E-state index is 7.00. The predicted molar refractivity (Wildman–Crippen MR) is 19.9 cm³/mol. The van der Waals surface area contributed by atoms with Gasteiger partial charge < -0.3 is 15.7 Å². The van der Waals surface area contributed by atoms with Gasteiger partial charge in [0.1, 0.15) is 0 Å². The van der Waals surface area contributed by atoms with Crippen molar-refractivity contribution < 1.29 is 51.3 Å². The van der Waals surface area contributed by atoms with E-state index in [-0.39, 0.29) is 41.1 Å². The van der Waals surface area contributed by atoms with Crippen LogP contribution in [0.4, 0.5) is 0 Å². The Labute approximate surface area is 65.3 Å². The van der Waals surface area contributed by atoms with Crippen LogP contribution in [0.25, 0.3) is 0 Å². The molecule has 4 heteroatoms. The molecule has 0 bridgehead atoms. The molecule has 0 aromatic rings. The zero-order chi connectivity index (χ0) is 4.00. The van der Waals surface area contributed by atoms with Crippen LogP contribution in [0.1, 0.15) is 0 Å². The third kappa shape index (κ3) is 72.9. The summed E-state index contributed by atoms with van der Waals surface area (Å²) < 4.78 is 0. The van der Waals surface area contributed by atoms with Crippen LogP contribution < -0.4 is 0 Å². The minimum Gasteiger partial charge on any atom is -0.412 e. The molecule has 1 radical (unpaired) electrons. The van der Waals surface area contributed by atoms with E-state index in [0.717, 1.165) is 14.2 Å². The van der Waals surface area contributed by atoms with Crippen molar-refractivity contribution in [3.63, 3.8) is 0 Å². The third-order valence-electron chi connectivity index (χ3n) is 0. The quantitative estimate of drug-likeness (QED) is 0.516. The molecule has 0 aromatic heterocycles. The van der Waals surface area contributed by atoms with Crippen molar-refractivity contribution in [3.05, 3.63) is 0 Å². The van der Waals surface area contributed by atoms with Crippen LogP contribution >= 0.6 is 0 Å². The first-order valence-electron chi connectivity index (χ1n) is 0.894. The standard InChI is InChI=1S/2CH4O.La.H2O/c2*1-2;;/h2*2H,1H3;;1H2. The summed E-state index contributed by atoms with van der Waals surface area (Å²) in [6, 6.07) is 0. The molecule has 6 heavy (non-hydrogen) atoms. The average Bonchev–Trinajstić information content (AvgIpc) is 1.50. The SMILES string of the molecule is CO.CO.O.[La]. The Balaban J connectivity index is -0.00000000500. The summed E-state index contributed by atoms with van der Waals surface area (Å²) in [5.74, 6) is 0. The van der Waals surface area contributed by atoms with E-state index < -0.39 is 0 Å². The van der Waals surface area contributed by atoms with Crippen LogP contribution in [0, 0.1) is 35.6 Å². The van der Waals surface area contributed by atoms with Crippen LogP contribution in [-0.4, -0.2) is 29.9 Å². The Hall–Kier alpha value is 1.07. The van der Waals surface area contributed by atoms with Crippen LogP contribution in [0.3, 0.4) is 0 Å². The van der Waals surface area contributed by atoms with Crippen molar-refractivity contribution in [2.45, 2.75) is 0 Å². The summed E-state index contributed by atoms with van der Waals surface area (Å²) in [5, 5.41) is 14.0. The van der Waals surface area contributed by atoms with Gasteiger partial charge in [-0.2, -0.15) is 0 Å². The fourth-order valence-electron chi connectivity index (χ4n) is 0. The smallest absolute Gasteiger partial charge is 0.0319 e. The van der Waals surface area contributed by atoms with Gasteiger partial charge in [-0.25, -0.2) is 0 Å². The van der Waals surface area contributed by atoms with Crippen molar-refractivity contribution in [2.24, 2.45) is 0 Å². The molecule has 0 amide bonds. The molecular formula is C2H10LaO3. The first kappa shape index (κ1) is 27.6. The Bertz CT molecular complexity index is 8.75. The first-order chi connectivity index (χ1) is 2.00. The fraction of sp³-hybridized carbons (Fsp3) is 1.00. The summed E-state index contributed by atoms with van der Waals surface area (Å²) in [4.78, 5) is 0. The second-order valence-corrected chi connectivity index (χ2v) is 0. The van der Waals surface area contributed by atoms with Gasteiger partial charge in [-0.3, -0.25) is 0 Å². The molecule has 0 aliphatic carbocycles. The second-order valence-electron chi connectivity index (χ2n) is 0. The normalized spacial score (nSPS) is 2.00. The summed E-state index contributed by atoms with van der Waals surface area (Å²) in [5.41, 5.74) is 0. The Morgan fingerprint density at radius 3 is 0.833 bits per heavy atom. The number of hydrogen-bond donors (Lipinski definition) is 2. The molecule has 0 spiro atoms. The fourth-order valence-corrected chi connectivity index (χ4v) is 0. The molecule has 4 N–H and O–H groups in total. The maximum Gasteiger partial charge on any atom is 0.0319 e. The van der Waals surface area contributed by atoms with Gasteiger partial charge in [0, 0.05) is 49.8 Å². The number of hydrogen-bond acceptors (Lipinski definition) is 2. The van der Waals surface area contributed by atoms with Crippen LogP contribution in [0.15, 0.2) is 0 Å². The van der Waals surface area contributed by atoms with Crippen molar-refractivity contribution in [1.82, 2.24) is 0 Å². The topological polar surface area (TPSA) is 72.0 Å². The number of rotatable bonds is 0. The van der Waals surface area contributed by atoms with E-state index in [9.17, 15) is 0 Å². The van der Waals surface area contributed by atoms with E-state index in [1.165, 1.54) is 0 Å². The van der Waals surface area contributed by atoms with E-state index in [2.05, 4.69) is 0 Å². The molecule has 0 aliphatic heterocycles. The van der Waals surface area contributed by atoms with Gasteiger partial charge in [-0.1, -0.05) is 0 Å². The van der Waals surface area contributed by atoms with Crippen molar-refractivity contribution in [3.8, 4) is 0 Å². The predicted octanol–water partition coefficient (Wildman–Crippen LogP) is -1.61. The first-order valence-corrected chi connectivity index (χ1v) is 0.894. The molecule has 0 atom stereocenters. The summed E-state index contributed by atoms with van der Waals surface area (Å²) >= 11 is 0. The molecule has 0 saturated carbocycles. The van der Waals surface area contributed by atoms with Crippen molar-refractivity contribution in [2.75, 3.05) is 14.2 Å². The summed E-state index contributed by atoms with van der Waals surface area (Å²) in [6.07, 6.45) is 0. The molecule has 3 nitrogen and oxygen atoms in total. The molecule has 0 saturated heterocycles. The van der Waals surface area contributed by atoms with E-state index in [1.54, 1.807) is 0 Å². The third-order valence-corrected chi connectivity index (χ3v) is 0. The number of aliphatic hydroxyl groups is 2. The summed E-state index contributed by atoms with van der Waals surface area (Å²) in [7, 11) is 2.00. The van der Waals surface area contributed by atoms with E-state index in [4.69, 9.17) is 10.2 Å². The van der Waals surface area contributed by atoms with Crippen LogP contribution in [0.5, 0.6) is 0 Å². The minimum atomic E-state index is 0. The van der Waals surface area contributed by atoms with Gasteiger partial charge in [0.2, 0.25) is 0 Å². The number of aliphatic hydroxyl groups excluding tert-OH is 2. The maximum absolute atomic E-state index is 7.00. The van der Waals surface area contributed by atoms with Crippen molar-refractivity contribution in [1.29, 1.82) is 0 Å². The molecule has 0 rings (SSSR count). The molecule has 39 valence electrons. The minimum absolute atomic E-state index is 0. The van der Waals surface area contributed by atoms with E-state index in [1.807, 2.05) is 0 Å². The van der Waals surface area contributed by atoms with E-state index >= 15 is 0 Å². The van der Waals surface area contributed by atoms with Gasteiger partial charge in [-0.05, 0) is 0 Å². The van der Waals surface area contributed by atoms with E-state index in [0.29, 0.717) is 0 Å². The molecular weight excluding hydrogens is 211 g/mol. The molecule has 0 aliphatic rings. The van der Waals surface area contributed by atoms with Crippen LogP contribution in [-0.2, 0) is 0 Å². The Morgan fingerprint density at radius 2 is 0.833 bits per heavy atom. The van der Waals surface area contributed by atoms with Crippen molar-refractivity contribution >= 4 is 0 Å². The van der Waals surface area contributed by atoms with Gasteiger partial charge in [-0.15, -0.1) is 0 Å². The zero-order valence-corrected chi connectivity index (χ0v) is 7.60. The van der Waals surface area contributed by atoms with Gasteiger partial charge in [0.25, 0.3) is 0 Å². The second kappa shape index (κ2) is 135. The molecule has 0 aromatic carbocycles. The average molecular weight is 221 g/mol. The Kier molecular flexibility index (Phi) is 623. The summed E-state index contributed by atoms with van der Waals surface area (Å²) in [6.45, 7) is 0. The molecule has 0 fully saturated rings.